The van der Waals surface area contributed by atoms with E-state index in [1.54, 1.807) is 12.1 Å². The van der Waals surface area contributed by atoms with E-state index in [0.717, 1.165) is 45.6 Å². The van der Waals surface area contributed by atoms with Crippen LogP contribution in [0.4, 0.5) is 15.8 Å². The van der Waals surface area contributed by atoms with Crippen LogP contribution in [0.15, 0.2) is 42.5 Å². The van der Waals surface area contributed by atoms with Gasteiger partial charge in [-0.25, -0.2) is 4.39 Å². The van der Waals surface area contributed by atoms with E-state index in [-0.39, 0.29) is 17.1 Å². The number of likely N-dealkylation sites (N-methyl/N-ethyl adjacent to an activating group) is 1. The molecule has 3 aliphatic rings. The highest BCUT2D eigenvalue weighted by atomic mass is 19.1. The van der Waals surface area contributed by atoms with E-state index < -0.39 is 0 Å². The second-order valence-electron chi connectivity index (χ2n) is 9.28. The van der Waals surface area contributed by atoms with Gasteiger partial charge in [0.25, 0.3) is 0 Å². The molecular weight excluding hydrogens is 377 g/mol. The van der Waals surface area contributed by atoms with Crippen molar-refractivity contribution >= 4 is 17.2 Å². The SMILES string of the molecule is CN1CCN2c3c(cccc31)[C@@H]1CN(CCCC(=O)c3ccc(F)cc3)CC[C@@]12C. The van der Waals surface area contributed by atoms with Crippen LogP contribution in [0, 0.1) is 5.82 Å². The highest BCUT2D eigenvalue weighted by Gasteiger charge is 2.52. The van der Waals surface area contributed by atoms with E-state index in [4.69, 9.17) is 0 Å². The third-order valence-corrected chi connectivity index (χ3v) is 7.55. The molecule has 0 radical (unpaired) electrons. The Hall–Kier alpha value is -2.40. The molecule has 2 aromatic carbocycles. The second kappa shape index (κ2) is 7.38. The summed E-state index contributed by atoms with van der Waals surface area (Å²) < 4.78 is 13.1. The molecule has 158 valence electrons. The number of Topliss-reactive ketones (excluding diaryl/α,β-unsaturated/α-hetero) is 1. The molecule has 5 heteroatoms. The number of likely N-dealkylation sites (tertiary alicyclic amines) is 1. The Morgan fingerprint density at radius 3 is 2.73 bits per heavy atom. The number of para-hydroxylation sites is 1. The van der Waals surface area contributed by atoms with E-state index in [1.807, 2.05) is 0 Å². The van der Waals surface area contributed by atoms with Gasteiger partial charge < -0.3 is 14.7 Å². The van der Waals surface area contributed by atoms with Gasteiger partial charge in [-0.2, -0.15) is 0 Å². The van der Waals surface area contributed by atoms with Gasteiger partial charge in [0.2, 0.25) is 0 Å². The largest absolute Gasteiger partial charge is 0.371 e. The van der Waals surface area contributed by atoms with Crippen LogP contribution in [0.1, 0.15) is 48.0 Å². The van der Waals surface area contributed by atoms with Crippen molar-refractivity contribution in [3.05, 3.63) is 59.4 Å². The summed E-state index contributed by atoms with van der Waals surface area (Å²) in [6, 6.07) is 12.7. The lowest BCUT2D eigenvalue weighted by atomic mass is 9.78. The fourth-order valence-corrected chi connectivity index (χ4v) is 5.73. The van der Waals surface area contributed by atoms with Crippen LogP contribution in [-0.2, 0) is 0 Å². The highest BCUT2D eigenvalue weighted by Crippen LogP contribution is 2.55. The standard InChI is InChI=1S/C25H30FN3O/c1-25-12-14-28(13-4-7-23(30)18-8-10-19(26)11-9-18)17-21(25)20-5-3-6-22-24(20)29(25)16-15-27(22)2/h3,5-6,8-11,21H,4,7,12-17H2,1-2H3/t21-,25-/m0/s1. The molecule has 0 saturated carbocycles. The minimum Gasteiger partial charge on any atom is -0.371 e. The van der Waals surface area contributed by atoms with Gasteiger partial charge in [0, 0.05) is 56.7 Å². The molecule has 2 atom stereocenters. The molecule has 0 unspecified atom stereocenters. The third kappa shape index (κ3) is 3.11. The van der Waals surface area contributed by atoms with Crippen molar-refractivity contribution < 1.29 is 9.18 Å². The summed E-state index contributed by atoms with van der Waals surface area (Å²) in [5.41, 5.74) is 5.12. The minimum absolute atomic E-state index is 0.104. The first-order chi connectivity index (χ1) is 14.5. The molecule has 0 spiro atoms. The average Bonchev–Trinajstić information content (AvgIpc) is 3.00. The van der Waals surface area contributed by atoms with E-state index in [1.165, 1.54) is 29.1 Å². The molecule has 0 N–H and O–H groups in total. The number of halogens is 1. The van der Waals surface area contributed by atoms with Crippen molar-refractivity contribution in [2.75, 3.05) is 49.6 Å². The molecule has 3 heterocycles. The van der Waals surface area contributed by atoms with Gasteiger partial charge >= 0.3 is 0 Å². The van der Waals surface area contributed by atoms with Crippen molar-refractivity contribution in [2.45, 2.75) is 37.6 Å². The number of hydrogen-bond donors (Lipinski definition) is 0. The van der Waals surface area contributed by atoms with E-state index in [2.05, 4.69) is 46.9 Å². The first kappa shape index (κ1) is 19.6. The van der Waals surface area contributed by atoms with E-state index in [9.17, 15) is 9.18 Å². The Bertz CT molecular complexity index is 959. The zero-order chi connectivity index (χ0) is 20.9. The summed E-state index contributed by atoms with van der Waals surface area (Å²) >= 11 is 0. The number of carbonyl (C=O) groups is 1. The summed E-state index contributed by atoms with van der Waals surface area (Å²) in [6.07, 6.45) is 2.52. The Morgan fingerprint density at radius 1 is 1.13 bits per heavy atom. The van der Waals surface area contributed by atoms with Crippen LogP contribution in [0.25, 0.3) is 0 Å². The predicted octanol–water partition coefficient (Wildman–Crippen LogP) is 4.31. The molecule has 3 aliphatic heterocycles. The zero-order valence-corrected chi connectivity index (χ0v) is 17.9. The molecule has 0 aromatic heterocycles. The van der Waals surface area contributed by atoms with Crippen LogP contribution in [-0.4, -0.2) is 56.0 Å². The summed E-state index contributed by atoms with van der Waals surface area (Å²) in [7, 11) is 2.20. The van der Waals surface area contributed by atoms with Gasteiger partial charge in [-0.05, 0) is 62.2 Å². The van der Waals surface area contributed by atoms with Crippen LogP contribution in [0.2, 0.25) is 0 Å². The molecule has 0 amide bonds. The molecule has 5 rings (SSSR count). The number of piperidine rings is 1. The van der Waals surface area contributed by atoms with Gasteiger partial charge in [0.15, 0.2) is 5.78 Å². The maximum Gasteiger partial charge on any atom is 0.162 e. The van der Waals surface area contributed by atoms with Crippen LogP contribution in [0.3, 0.4) is 0 Å². The molecule has 1 saturated heterocycles. The number of anilines is 2. The Morgan fingerprint density at radius 2 is 1.93 bits per heavy atom. The lowest BCUT2D eigenvalue weighted by Gasteiger charge is -2.49. The Kier molecular flexibility index (Phi) is 4.81. The smallest absolute Gasteiger partial charge is 0.162 e. The summed E-state index contributed by atoms with van der Waals surface area (Å²) in [4.78, 5) is 20.0. The quantitative estimate of drug-likeness (QED) is 0.691. The van der Waals surface area contributed by atoms with Crippen molar-refractivity contribution in [1.29, 1.82) is 0 Å². The van der Waals surface area contributed by atoms with Crippen molar-refractivity contribution in [3.8, 4) is 0 Å². The molecule has 0 aliphatic carbocycles. The van der Waals surface area contributed by atoms with E-state index >= 15 is 0 Å². The van der Waals surface area contributed by atoms with Crippen LogP contribution < -0.4 is 9.80 Å². The number of benzene rings is 2. The fourth-order valence-electron chi connectivity index (χ4n) is 5.73. The normalized spacial score (nSPS) is 25.2. The number of ketones is 1. The Labute approximate surface area is 178 Å². The van der Waals surface area contributed by atoms with E-state index in [0.29, 0.717) is 17.9 Å². The molecular formula is C25H30FN3O. The lowest BCUT2D eigenvalue weighted by molar-refractivity contribution is 0.0965. The minimum atomic E-state index is -0.299. The second-order valence-corrected chi connectivity index (χ2v) is 9.28. The summed E-state index contributed by atoms with van der Waals surface area (Å²) in [6.45, 7) is 7.69. The summed E-state index contributed by atoms with van der Waals surface area (Å²) in [5.74, 6) is 0.320. The number of carbonyl (C=O) groups excluding carboxylic acids is 1. The van der Waals surface area contributed by atoms with Crippen LogP contribution in [0.5, 0.6) is 0 Å². The average molecular weight is 408 g/mol. The molecule has 30 heavy (non-hydrogen) atoms. The molecule has 4 nitrogen and oxygen atoms in total. The van der Waals surface area contributed by atoms with Gasteiger partial charge in [-0.15, -0.1) is 0 Å². The van der Waals surface area contributed by atoms with Crippen molar-refractivity contribution in [2.24, 2.45) is 0 Å². The molecule has 2 aromatic rings. The highest BCUT2D eigenvalue weighted by molar-refractivity contribution is 5.95. The van der Waals surface area contributed by atoms with Crippen molar-refractivity contribution in [1.82, 2.24) is 4.90 Å². The first-order valence-corrected chi connectivity index (χ1v) is 11.1. The topological polar surface area (TPSA) is 26.8 Å². The maximum absolute atomic E-state index is 13.1. The van der Waals surface area contributed by atoms with Gasteiger partial charge in [0.1, 0.15) is 5.82 Å². The predicted molar refractivity (Wildman–Crippen MR) is 119 cm³/mol. The maximum atomic E-state index is 13.1. The number of rotatable bonds is 5. The monoisotopic (exact) mass is 407 g/mol. The molecule has 1 fully saturated rings. The van der Waals surface area contributed by atoms with Gasteiger partial charge in [0.05, 0.1) is 11.4 Å². The van der Waals surface area contributed by atoms with Crippen LogP contribution >= 0.6 is 0 Å². The fraction of sp³-hybridized carbons (Fsp3) is 0.480. The van der Waals surface area contributed by atoms with Gasteiger partial charge in [-0.1, -0.05) is 12.1 Å². The van der Waals surface area contributed by atoms with Crippen molar-refractivity contribution in [3.63, 3.8) is 0 Å². The summed E-state index contributed by atoms with van der Waals surface area (Å²) in [5, 5.41) is 0. The Balaban J connectivity index is 1.26. The van der Waals surface area contributed by atoms with Gasteiger partial charge in [-0.3, -0.25) is 4.79 Å². The first-order valence-electron chi connectivity index (χ1n) is 11.1. The third-order valence-electron chi connectivity index (χ3n) is 7.55. The molecule has 0 bridgehead atoms. The number of hydrogen-bond acceptors (Lipinski definition) is 4. The zero-order valence-electron chi connectivity index (χ0n) is 17.9. The number of nitrogens with zero attached hydrogens (tertiary/aromatic N) is 3. The number of fused-ring (bicyclic) bond motifs is 3. The lowest BCUT2D eigenvalue weighted by Crippen LogP contribution is -2.57.